The van der Waals surface area contributed by atoms with Gasteiger partial charge in [-0.25, -0.2) is 0 Å². The molecule has 4 heterocycles. The molecule has 0 bridgehead atoms. The average molecular weight is 604 g/mol. The number of carbonyl (C=O) groups excluding carboxylic acids is 3. The van der Waals surface area contributed by atoms with Crippen LogP contribution in [0.2, 0.25) is 5.02 Å². The fraction of sp³-hybridized carbons (Fsp3) is 0.441. The summed E-state index contributed by atoms with van der Waals surface area (Å²) in [5.74, 6) is -2.37. The second kappa shape index (κ2) is 11.6. The first-order valence-corrected chi connectivity index (χ1v) is 15.5. The molecule has 5 atom stereocenters. The van der Waals surface area contributed by atoms with Crippen LogP contribution in [0, 0.1) is 18.8 Å². The molecule has 226 valence electrons. The van der Waals surface area contributed by atoms with Crippen LogP contribution < -0.4 is 4.90 Å². The number of nitrogens with zero attached hydrogens (tertiary/aromatic N) is 3. The number of benzene rings is 2. The molecular weight excluding hydrogens is 566 g/mol. The number of carbonyl (C=O) groups is 3. The molecule has 4 aliphatic heterocycles. The molecule has 0 saturated carbocycles. The summed E-state index contributed by atoms with van der Waals surface area (Å²) in [5, 5.41) is 9.78. The van der Waals surface area contributed by atoms with Crippen molar-refractivity contribution in [2.24, 2.45) is 11.8 Å². The van der Waals surface area contributed by atoms with Crippen molar-refractivity contribution in [2.75, 3.05) is 31.1 Å². The van der Waals surface area contributed by atoms with Crippen molar-refractivity contribution in [3.05, 3.63) is 89.0 Å². The van der Waals surface area contributed by atoms with E-state index in [1.807, 2.05) is 80.6 Å². The van der Waals surface area contributed by atoms with Crippen molar-refractivity contribution in [1.29, 1.82) is 0 Å². The Labute approximate surface area is 257 Å². The molecule has 0 aliphatic carbocycles. The molecule has 6 rings (SSSR count). The molecule has 0 aromatic heterocycles. The SMILES string of the molecule is Cc1cccc(Cl)c1N1CC=C[C@]23O[C@]4(C)C=CCN(Cc5ccccc5)C(=O)[C@@H]4[C@H]2C(=O)N(CCCCCO)C3C1=O. The highest BCUT2D eigenvalue weighted by molar-refractivity contribution is 6.34. The molecule has 2 aromatic carbocycles. The summed E-state index contributed by atoms with van der Waals surface area (Å²) < 4.78 is 6.94. The molecule has 2 fully saturated rings. The lowest BCUT2D eigenvalue weighted by Gasteiger charge is -2.37. The van der Waals surface area contributed by atoms with Gasteiger partial charge >= 0.3 is 0 Å². The van der Waals surface area contributed by atoms with Crippen LogP contribution in [0.4, 0.5) is 5.69 Å². The third-order valence-electron chi connectivity index (χ3n) is 9.37. The van der Waals surface area contributed by atoms with Crippen molar-refractivity contribution in [3.8, 4) is 0 Å². The van der Waals surface area contributed by atoms with Gasteiger partial charge < -0.3 is 24.5 Å². The highest BCUT2D eigenvalue weighted by Crippen LogP contribution is 2.57. The Morgan fingerprint density at radius 3 is 2.42 bits per heavy atom. The van der Waals surface area contributed by atoms with Crippen molar-refractivity contribution in [1.82, 2.24) is 9.80 Å². The summed E-state index contributed by atoms with van der Waals surface area (Å²) in [6, 6.07) is 14.3. The van der Waals surface area contributed by atoms with Gasteiger partial charge in [0, 0.05) is 32.8 Å². The Bertz CT molecular complexity index is 1460. The molecule has 9 heteroatoms. The van der Waals surface area contributed by atoms with Crippen LogP contribution >= 0.6 is 11.6 Å². The number of unbranched alkanes of at least 4 members (excludes halogenated alkanes) is 2. The van der Waals surface area contributed by atoms with Gasteiger partial charge in [-0.3, -0.25) is 14.4 Å². The lowest BCUT2D eigenvalue weighted by atomic mass is 9.74. The zero-order valence-electron chi connectivity index (χ0n) is 24.6. The highest BCUT2D eigenvalue weighted by Gasteiger charge is 2.74. The van der Waals surface area contributed by atoms with Crippen LogP contribution in [0.15, 0.2) is 72.8 Å². The number of para-hydroxylation sites is 1. The first kappa shape index (κ1) is 29.6. The van der Waals surface area contributed by atoms with E-state index in [1.165, 1.54) is 0 Å². The van der Waals surface area contributed by atoms with Gasteiger partial charge in [-0.1, -0.05) is 78.4 Å². The van der Waals surface area contributed by atoms with Gasteiger partial charge in [0.25, 0.3) is 5.91 Å². The van der Waals surface area contributed by atoms with Gasteiger partial charge in [0.2, 0.25) is 11.8 Å². The Balaban J connectivity index is 1.42. The predicted molar refractivity (Wildman–Crippen MR) is 164 cm³/mol. The van der Waals surface area contributed by atoms with E-state index >= 15 is 0 Å². The summed E-state index contributed by atoms with van der Waals surface area (Å²) in [4.78, 5) is 48.7. The highest BCUT2D eigenvalue weighted by atomic mass is 35.5. The zero-order valence-corrected chi connectivity index (χ0v) is 25.4. The Morgan fingerprint density at radius 2 is 1.67 bits per heavy atom. The van der Waals surface area contributed by atoms with Crippen molar-refractivity contribution in [2.45, 2.75) is 56.9 Å². The van der Waals surface area contributed by atoms with Crippen molar-refractivity contribution < 1.29 is 24.2 Å². The molecule has 1 N–H and O–H groups in total. The van der Waals surface area contributed by atoms with Crippen LogP contribution in [0.3, 0.4) is 0 Å². The first-order chi connectivity index (χ1) is 20.7. The van der Waals surface area contributed by atoms with Gasteiger partial charge in [-0.2, -0.15) is 0 Å². The van der Waals surface area contributed by atoms with E-state index in [1.54, 1.807) is 20.8 Å². The minimum absolute atomic E-state index is 0.0623. The summed E-state index contributed by atoms with van der Waals surface area (Å²) in [6.45, 7) is 5.22. The van der Waals surface area contributed by atoms with Gasteiger partial charge in [-0.15, -0.1) is 0 Å². The quantitative estimate of drug-likeness (QED) is 0.359. The van der Waals surface area contributed by atoms with E-state index < -0.39 is 29.1 Å². The number of aliphatic hydroxyl groups excluding tert-OH is 1. The Kier molecular flexibility index (Phi) is 7.96. The smallest absolute Gasteiger partial charge is 0.253 e. The van der Waals surface area contributed by atoms with Gasteiger partial charge in [0.05, 0.1) is 28.1 Å². The van der Waals surface area contributed by atoms with E-state index in [9.17, 15) is 19.5 Å². The van der Waals surface area contributed by atoms with E-state index in [-0.39, 0.29) is 30.9 Å². The van der Waals surface area contributed by atoms with E-state index in [0.717, 1.165) is 11.1 Å². The first-order valence-electron chi connectivity index (χ1n) is 15.1. The van der Waals surface area contributed by atoms with Crippen LogP contribution in [-0.4, -0.2) is 76.1 Å². The fourth-order valence-corrected chi connectivity index (χ4v) is 7.82. The number of halogens is 1. The summed E-state index contributed by atoms with van der Waals surface area (Å²) in [5.41, 5.74) is 0.0436. The standard InChI is InChI=1S/C34H38ClN3O5/c1-23-12-9-15-25(35)28(23)37-20-11-17-34-27(31(41)38(29(34)32(37)42)19-7-4-8-21-39)26-30(40)36(18-10-16-33(26,2)43-34)22-24-13-5-3-6-14-24/h3,5-6,9-17,26-27,29,39H,4,7-8,18-22H2,1-2H3/t26-,27-,29?,33+,34-/m0/s1. The lowest BCUT2D eigenvalue weighted by molar-refractivity contribution is -0.148. The number of anilines is 1. The summed E-state index contributed by atoms with van der Waals surface area (Å²) in [6.07, 6.45) is 9.51. The van der Waals surface area contributed by atoms with Crippen LogP contribution in [0.25, 0.3) is 0 Å². The number of fused-ring (bicyclic) bond motifs is 2. The topological polar surface area (TPSA) is 90.4 Å². The monoisotopic (exact) mass is 603 g/mol. The predicted octanol–water partition coefficient (Wildman–Crippen LogP) is 4.28. The Morgan fingerprint density at radius 1 is 0.907 bits per heavy atom. The second-order valence-corrected chi connectivity index (χ2v) is 12.6. The average Bonchev–Trinajstić information content (AvgIpc) is 3.25. The number of ether oxygens (including phenoxy) is 1. The van der Waals surface area contributed by atoms with Crippen LogP contribution in [0.1, 0.15) is 37.3 Å². The van der Waals surface area contributed by atoms with Crippen LogP contribution in [0.5, 0.6) is 0 Å². The minimum Gasteiger partial charge on any atom is -0.396 e. The number of aryl methyl sites for hydroxylation is 1. The third-order valence-corrected chi connectivity index (χ3v) is 9.68. The van der Waals surface area contributed by atoms with Crippen LogP contribution in [-0.2, 0) is 25.7 Å². The maximum Gasteiger partial charge on any atom is 0.253 e. The number of hydrogen-bond acceptors (Lipinski definition) is 5. The van der Waals surface area contributed by atoms with E-state index in [2.05, 4.69) is 0 Å². The molecule has 43 heavy (non-hydrogen) atoms. The number of hydrogen-bond donors (Lipinski definition) is 1. The molecule has 1 unspecified atom stereocenters. The molecule has 4 aliphatic rings. The van der Waals surface area contributed by atoms with Gasteiger partial charge in [0.1, 0.15) is 11.6 Å². The maximum absolute atomic E-state index is 14.7. The summed E-state index contributed by atoms with van der Waals surface area (Å²) in [7, 11) is 0. The molecule has 0 radical (unpaired) electrons. The Hall–Kier alpha value is -3.46. The number of amides is 3. The second-order valence-electron chi connectivity index (χ2n) is 12.2. The lowest BCUT2D eigenvalue weighted by Crippen LogP contribution is -2.56. The molecule has 8 nitrogen and oxygen atoms in total. The summed E-state index contributed by atoms with van der Waals surface area (Å²) >= 11 is 6.65. The zero-order chi connectivity index (χ0) is 30.4. The van der Waals surface area contributed by atoms with Crippen molar-refractivity contribution in [3.63, 3.8) is 0 Å². The minimum atomic E-state index is -1.33. The largest absolute Gasteiger partial charge is 0.396 e. The number of rotatable bonds is 8. The fourth-order valence-electron chi connectivity index (χ4n) is 7.49. The van der Waals surface area contributed by atoms with Gasteiger partial charge in [-0.05, 0) is 50.3 Å². The maximum atomic E-state index is 14.7. The number of likely N-dealkylation sites (tertiary alicyclic amines) is 1. The molecule has 2 saturated heterocycles. The molecule has 3 amide bonds. The van der Waals surface area contributed by atoms with Gasteiger partial charge in [0.15, 0.2) is 0 Å². The molecular formula is C34H38ClN3O5. The van der Waals surface area contributed by atoms with E-state index in [4.69, 9.17) is 16.3 Å². The molecule has 2 aromatic rings. The third kappa shape index (κ3) is 4.89. The van der Waals surface area contributed by atoms with E-state index in [0.29, 0.717) is 49.6 Å². The normalized spacial score (nSPS) is 29.9. The molecule has 1 spiro atoms. The number of aliphatic hydroxyl groups is 1. The van der Waals surface area contributed by atoms with Crippen molar-refractivity contribution >= 4 is 35.0 Å².